The fourth-order valence-corrected chi connectivity index (χ4v) is 2.74. The smallest absolute Gasteiger partial charge is 0.167 e. The molecule has 0 N–H and O–H groups in total. The molecule has 1 aliphatic rings. The van der Waals surface area contributed by atoms with Gasteiger partial charge in [-0.15, -0.1) is 0 Å². The molecule has 0 saturated carbocycles. The second-order valence-corrected chi connectivity index (χ2v) is 6.27. The van der Waals surface area contributed by atoms with Crippen LogP contribution in [0.25, 0.3) is 0 Å². The lowest BCUT2D eigenvalue weighted by atomic mass is 10.0. The van der Waals surface area contributed by atoms with E-state index >= 15 is 0 Å². The minimum absolute atomic E-state index is 0.0660. The van der Waals surface area contributed by atoms with E-state index in [1.807, 2.05) is 13.8 Å². The van der Waals surface area contributed by atoms with Gasteiger partial charge in [0.25, 0.3) is 0 Å². The molecule has 1 aliphatic heterocycles. The second-order valence-electron chi connectivity index (χ2n) is 6.27. The summed E-state index contributed by atoms with van der Waals surface area (Å²) in [5.74, 6) is 0.0925. The van der Waals surface area contributed by atoms with Crippen molar-refractivity contribution in [2.24, 2.45) is 0 Å². The summed E-state index contributed by atoms with van der Waals surface area (Å²) in [6, 6.07) is 7.83. The summed E-state index contributed by atoms with van der Waals surface area (Å²) in [7, 11) is 0. The Hall–Kier alpha value is -2.10. The van der Waals surface area contributed by atoms with E-state index in [0.29, 0.717) is 23.3 Å². The molecule has 116 valence electrons. The van der Waals surface area contributed by atoms with Gasteiger partial charge < -0.3 is 9.47 Å². The molecule has 0 spiro atoms. The van der Waals surface area contributed by atoms with E-state index in [2.05, 4.69) is 0 Å². The maximum absolute atomic E-state index is 14.0. The van der Waals surface area contributed by atoms with Crippen LogP contribution in [0.5, 0.6) is 11.5 Å². The molecule has 0 amide bonds. The number of rotatable bonds is 3. The maximum Gasteiger partial charge on any atom is 0.167 e. The van der Waals surface area contributed by atoms with E-state index in [1.165, 1.54) is 12.1 Å². The Balaban J connectivity index is 1.87. The first kappa shape index (κ1) is 14.8. The molecule has 4 heteroatoms. The lowest BCUT2D eigenvalue weighted by Gasteiger charge is -2.18. The van der Waals surface area contributed by atoms with Crippen LogP contribution in [0.1, 0.15) is 30.5 Å². The van der Waals surface area contributed by atoms with Crippen molar-refractivity contribution in [2.75, 3.05) is 0 Å². The molecular weight excluding hydrogens is 286 g/mol. The van der Waals surface area contributed by atoms with Gasteiger partial charge in [-0.1, -0.05) is 12.1 Å². The average molecular weight is 304 g/mol. The van der Waals surface area contributed by atoms with Crippen LogP contribution in [0.2, 0.25) is 0 Å². The Kier molecular flexibility index (Phi) is 3.55. The highest BCUT2D eigenvalue weighted by molar-refractivity contribution is 5.46. The molecule has 2 aromatic rings. The van der Waals surface area contributed by atoms with Gasteiger partial charge in [0.05, 0.1) is 0 Å². The van der Waals surface area contributed by atoms with E-state index in [-0.39, 0.29) is 23.8 Å². The zero-order valence-corrected chi connectivity index (χ0v) is 12.9. The van der Waals surface area contributed by atoms with E-state index in [9.17, 15) is 8.78 Å². The topological polar surface area (TPSA) is 18.5 Å². The van der Waals surface area contributed by atoms with Gasteiger partial charge in [0.2, 0.25) is 0 Å². The first-order valence-electron chi connectivity index (χ1n) is 7.24. The van der Waals surface area contributed by atoms with E-state index < -0.39 is 5.82 Å². The van der Waals surface area contributed by atoms with Crippen LogP contribution < -0.4 is 9.47 Å². The SMILES string of the molecule is Cc1cccc(OCc2cc(F)cc3c2OC(C)(C)C3)c1F. The lowest BCUT2D eigenvalue weighted by Crippen LogP contribution is -2.25. The molecule has 3 rings (SSSR count). The molecule has 0 aliphatic carbocycles. The summed E-state index contributed by atoms with van der Waals surface area (Å²) < 4.78 is 39.1. The normalized spacial score (nSPS) is 15.3. The second kappa shape index (κ2) is 5.27. The fraction of sp³-hybridized carbons (Fsp3) is 0.333. The van der Waals surface area contributed by atoms with Gasteiger partial charge in [0.15, 0.2) is 11.6 Å². The minimum atomic E-state index is -0.392. The van der Waals surface area contributed by atoms with Crippen LogP contribution in [-0.2, 0) is 13.0 Å². The van der Waals surface area contributed by atoms with Crippen molar-refractivity contribution < 1.29 is 18.3 Å². The van der Waals surface area contributed by atoms with Crippen molar-refractivity contribution in [3.63, 3.8) is 0 Å². The van der Waals surface area contributed by atoms with E-state index in [4.69, 9.17) is 9.47 Å². The van der Waals surface area contributed by atoms with Gasteiger partial charge in [0.1, 0.15) is 23.8 Å². The largest absolute Gasteiger partial charge is 0.487 e. The molecule has 22 heavy (non-hydrogen) atoms. The summed E-state index contributed by atoms with van der Waals surface area (Å²) in [5, 5.41) is 0. The van der Waals surface area contributed by atoms with Crippen molar-refractivity contribution in [1.82, 2.24) is 0 Å². The highest BCUT2D eigenvalue weighted by atomic mass is 19.1. The van der Waals surface area contributed by atoms with Gasteiger partial charge in [-0.05, 0) is 44.5 Å². The molecule has 2 nitrogen and oxygen atoms in total. The maximum atomic E-state index is 14.0. The number of aryl methyl sites for hydroxylation is 1. The summed E-state index contributed by atoms with van der Waals surface area (Å²) in [6.07, 6.45) is 0.645. The van der Waals surface area contributed by atoms with Gasteiger partial charge in [0, 0.05) is 17.5 Å². The Morgan fingerprint density at radius 1 is 1.23 bits per heavy atom. The van der Waals surface area contributed by atoms with Crippen molar-refractivity contribution in [3.8, 4) is 11.5 Å². The summed E-state index contributed by atoms with van der Waals surface area (Å²) in [4.78, 5) is 0. The first-order valence-corrected chi connectivity index (χ1v) is 7.24. The van der Waals surface area contributed by atoms with E-state index in [1.54, 1.807) is 25.1 Å². The number of ether oxygens (including phenoxy) is 2. The van der Waals surface area contributed by atoms with Gasteiger partial charge >= 0.3 is 0 Å². The number of hydrogen-bond acceptors (Lipinski definition) is 2. The Labute approximate surface area is 128 Å². The number of fused-ring (bicyclic) bond motifs is 1. The molecule has 0 saturated heterocycles. The predicted octanol–water partition coefficient (Wildman–Crippen LogP) is 4.57. The molecule has 0 atom stereocenters. The van der Waals surface area contributed by atoms with Crippen LogP contribution in [0.3, 0.4) is 0 Å². The van der Waals surface area contributed by atoms with Crippen molar-refractivity contribution >= 4 is 0 Å². The average Bonchev–Trinajstić information content (AvgIpc) is 2.74. The van der Waals surface area contributed by atoms with Crippen LogP contribution in [-0.4, -0.2) is 5.60 Å². The lowest BCUT2D eigenvalue weighted by molar-refractivity contribution is 0.135. The van der Waals surface area contributed by atoms with Crippen LogP contribution >= 0.6 is 0 Å². The highest BCUT2D eigenvalue weighted by Crippen LogP contribution is 2.38. The number of benzene rings is 2. The van der Waals surface area contributed by atoms with Crippen molar-refractivity contribution in [1.29, 1.82) is 0 Å². The molecule has 0 radical (unpaired) electrons. The third-order valence-electron chi connectivity index (χ3n) is 3.74. The quantitative estimate of drug-likeness (QED) is 0.827. The first-order chi connectivity index (χ1) is 10.4. The molecule has 0 aromatic heterocycles. The molecule has 2 aromatic carbocycles. The van der Waals surface area contributed by atoms with Gasteiger partial charge in [-0.25, -0.2) is 8.78 Å². The third-order valence-corrected chi connectivity index (χ3v) is 3.74. The van der Waals surface area contributed by atoms with Crippen LogP contribution in [0.4, 0.5) is 8.78 Å². The highest BCUT2D eigenvalue weighted by Gasteiger charge is 2.32. The van der Waals surface area contributed by atoms with Crippen molar-refractivity contribution in [2.45, 2.75) is 39.4 Å². The van der Waals surface area contributed by atoms with Gasteiger partial charge in [-0.2, -0.15) is 0 Å². The molecule has 0 bridgehead atoms. The molecular formula is C18H18F2O2. The van der Waals surface area contributed by atoms with Gasteiger partial charge in [-0.3, -0.25) is 0 Å². The third kappa shape index (κ3) is 2.78. The molecule has 0 fully saturated rings. The molecule has 1 heterocycles. The number of hydrogen-bond donors (Lipinski definition) is 0. The summed E-state index contributed by atoms with van der Waals surface area (Å²) in [5.41, 5.74) is 1.58. The van der Waals surface area contributed by atoms with Crippen molar-refractivity contribution in [3.05, 3.63) is 58.7 Å². The summed E-state index contributed by atoms with van der Waals surface area (Å²) >= 11 is 0. The zero-order valence-electron chi connectivity index (χ0n) is 12.9. The van der Waals surface area contributed by atoms with Crippen LogP contribution in [0.15, 0.2) is 30.3 Å². The van der Waals surface area contributed by atoms with Crippen LogP contribution in [0, 0.1) is 18.6 Å². The predicted molar refractivity (Wildman–Crippen MR) is 80.3 cm³/mol. The Morgan fingerprint density at radius 2 is 2.00 bits per heavy atom. The standard InChI is InChI=1S/C18H18F2O2/c1-11-5-4-6-15(16(11)20)21-10-13-8-14(19)7-12-9-18(2,3)22-17(12)13/h4-8H,9-10H2,1-3H3. The Morgan fingerprint density at radius 3 is 2.77 bits per heavy atom. The van der Waals surface area contributed by atoms with E-state index in [0.717, 1.165) is 5.56 Å². The summed E-state index contributed by atoms with van der Waals surface area (Å²) in [6.45, 7) is 5.65. The monoisotopic (exact) mass is 304 g/mol. The minimum Gasteiger partial charge on any atom is -0.487 e. The zero-order chi connectivity index (χ0) is 15.9. The number of halogens is 2. The Bertz CT molecular complexity index is 723. The molecule has 0 unspecified atom stereocenters. The fourth-order valence-electron chi connectivity index (χ4n) is 2.74.